The Balaban J connectivity index is 1.76. The molecular formula is C20H20ClN5O2S. The van der Waals surface area contributed by atoms with Crippen LogP contribution in [0.4, 0.5) is 11.5 Å². The molecule has 0 aliphatic carbocycles. The second-order valence-corrected chi connectivity index (χ2v) is 7.68. The smallest absolute Gasteiger partial charge is 0.241 e. The summed E-state index contributed by atoms with van der Waals surface area (Å²) in [4.78, 5) is 34.1. The highest BCUT2D eigenvalue weighted by Crippen LogP contribution is 2.29. The van der Waals surface area contributed by atoms with Gasteiger partial charge in [-0.15, -0.1) is 0 Å². The normalized spacial score (nSPS) is 10.6. The summed E-state index contributed by atoms with van der Waals surface area (Å²) in [5.41, 5.74) is 1.48. The van der Waals surface area contributed by atoms with Gasteiger partial charge in [-0.25, -0.2) is 9.97 Å². The van der Waals surface area contributed by atoms with E-state index in [2.05, 4.69) is 20.6 Å². The van der Waals surface area contributed by atoms with Crippen molar-refractivity contribution in [1.29, 1.82) is 0 Å². The number of likely N-dealkylation sites (N-methyl/N-ethyl adjacent to an activating group) is 1. The van der Waals surface area contributed by atoms with E-state index >= 15 is 0 Å². The molecule has 0 aliphatic rings. The summed E-state index contributed by atoms with van der Waals surface area (Å²) in [5, 5.41) is 7.72. The fourth-order valence-electron chi connectivity index (χ4n) is 2.42. The highest BCUT2D eigenvalue weighted by molar-refractivity contribution is 7.99. The van der Waals surface area contributed by atoms with Gasteiger partial charge in [-0.3, -0.25) is 9.59 Å². The van der Waals surface area contributed by atoms with Crippen molar-refractivity contribution in [2.45, 2.75) is 5.16 Å². The number of para-hydroxylation sites is 2. The first-order valence-corrected chi connectivity index (χ1v) is 10.2. The molecule has 1 aromatic heterocycles. The second kappa shape index (κ2) is 9.58. The second-order valence-electron chi connectivity index (χ2n) is 6.33. The van der Waals surface area contributed by atoms with Gasteiger partial charge in [0.1, 0.15) is 5.82 Å². The van der Waals surface area contributed by atoms with Crippen LogP contribution in [0.25, 0.3) is 10.9 Å². The fourth-order valence-corrected chi connectivity index (χ4v) is 3.28. The van der Waals surface area contributed by atoms with Crippen molar-refractivity contribution < 1.29 is 9.59 Å². The molecule has 0 saturated heterocycles. The van der Waals surface area contributed by atoms with E-state index in [-0.39, 0.29) is 24.1 Å². The van der Waals surface area contributed by atoms with Crippen molar-refractivity contribution in [3.63, 3.8) is 0 Å². The summed E-state index contributed by atoms with van der Waals surface area (Å²) in [6.45, 7) is -0.0374. The molecule has 2 aromatic carbocycles. The van der Waals surface area contributed by atoms with E-state index in [9.17, 15) is 9.59 Å². The van der Waals surface area contributed by atoms with Gasteiger partial charge in [0.15, 0.2) is 5.16 Å². The van der Waals surface area contributed by atoms with Crippen LogP contribution in [-0.2, 0) is 9.59 Å². The fraction of sp³-hybridized carbons (Fsp3) is 0.200. The van der Waals surface area contributed by atoms with Crippen molar-refractivity contribution in [2.75, 3.05) is 31.7 Å². The van der Waals surface area contributed by atoms with Gasteiger partial charge in [0.2, 0.25) is 11.8 Å². The van der Waals surface area contributed by atoms with Crippen LogP contribution in [0.2, 0.25) is 5.02 Å². The monoisotopic (exact) mass is 429 g/mol. The molecule has 3 rings (SSSR count). The third kappa shape index (κ3) is 5.58. The number of thioether (sulfide) groups is 1. The Bertz CT molecular complexity index is 1040. The summed E-state index contributed by atoms with van der Waals surface area (Å²) < 4.78 is 0. The molecule has 9 heteroatoms. The van der Waals surface area contributed by atoms with Gasteiger partial charge in [0.05, 0.1) is 28.5 Å². The molecule has 1 heterocycles. The lowest BCUT2D eigenvalue weighted by Crippen LogP contribution is -2.37. The van der Waals surface area contributed by atoms with Crippen LogP contribution in [0.3, 0.4) is 0 Å². The Labute approximate surface area is 177 Å². The van der Waals surface area contributed by atoms with Gasteiger partial charge >= 0.3 is 0 Å². The zero-order valence-electron chi connectivity index (χ0n) is 16.0. The van der Waals surface area contributed by atoms with E-state index in [1.165, 1.54) is 16.7 Å². The lowest BCUT2D eigenvalue weighted by Gasteiger charge is -2.12. The van der Waals surface area contributed by atoms with E-state index in [1.807, 2.05) is 42.5 Å². The SMILES string of the molecule is CN(C)C(=O)CNC(=O)CSc1nc(Nc2ccccc2Cl)c2ccccc2n1. The van der Waals surface area contributed by atoms with Crippen molar-refractivity contribution in [1.82, 2.24) is 20.2 Å². The van der Waals surface area contributed by atoms with Gasteiger partial charge in [0.25, 0.3) is 0 Å². The largest absolute Gasteiger partial charge is 0.347 e. The summed E-state index contributed by atoms with van der Waals surface area (Å²) in [6.07, 6.45) is 0. The topological polar surface area (TPSA) is 87.2 Å². The number of amides is 2. The van der Waals surface area contributed by atoms with Crippen LogP contribution in [0, 0.1) is 0 Å². The molecule has 0 saturated carbocycles. The Morgan fingerprint density at radius 2 is 1.79 bits per heavy atom. The summed E-state index contributed by atoms with van der Waals surface area (Å²) in [6, 6.07) is 15.0. The minimum atomic E-state index is -0.262. The van der Waals surface area contributed by atoms with Gasteiger partial charge in [-0.2, -0.15) is 0 Å². The van der Waals surface area contributed by atoms with Crippen molar-refractivity contribution in [3.8, 4) is 0 Å². The average molecular weight is 430 g/mol. The molecule has 0 unspecified atom stereocenters. The number of fused-ring (bicyclic) bond motifs is 1. The molecule has 0 atom stereocenters. The number of halogens is 1. The predicted molar refractivity (Wildman–Crippen MR) is 117 cm³/mol. The number of anilines is 2. The van der Waals surface area contributed by atoms with E-state index in [0.717, 1.165) is 16.6 Å². The standard InChI is InChI=1S/C20H20ClN5O2S/c1-26(2)18(28)11-22-17(27)12-29-20-24-15-9-5-3-7-13(15)19(25-20)23-16-10-6-4-8-14(16)21/h3-10H,11-12H2,1-2H3,(H,22,27)(H,23,24,25). The first-order chi connectivity index (χ1) is 13.9. The molecule has 3 aromatic rings. The molecule has 29 heavy (non-hydrogen) atoms. The van der Waals surface area contributed by atoms with Crippen LogP contribution < -0.4 is 10.6 Å². The van der Waals surface area contributed by atoms with E-state index < -0.39 is 0 Å². The number of carbonyl (C=O) groups excluding carboxylic acids is 2. The van der Waals surface area contributed by atoms with Crippen LogP contribution in [0.5, 0.6) is 0 Å². The van der Waals surface area contributed by atoms with Crippen LogP contribution >= 0.6 is 23.4 Å². The minimum Gasteiger partial charge on any atom is -0.347 e. The Kier molecular flexibility index (Phi) is 6.90. The van der Waals surface area contributed by atoms with Gasteiger partial charge < -0.3 is 15.5 Å². The average Bonchev–Trinajstić information content (AvgIpc) is 2.72. The van der Waals surface area contributed by atoms with E-state index in [1.54, 1.807) is 20.2 Å². The maximum atomic E-state index is 12.0. The van der Waals surface area contributed by atoms with Gasteiger partial charge in [0, 0.05) is 19.5 Å². The highest BCUT2D eigenvalue weighted by Gasteiger charge is 2.12. The zero-order valence-corrected chi connectivity index (χ0v) is 17.5. The van der Waals surface area contributed by atoms with E-state index in [0.29, 0.717) is 16.0 Å². The van der Waals surface area contributed by atoms with Gasteiger partial charge in [-0.1, -0.05) is 47.6 Å². The maximum absolute atomic E-state index is 12.0. The lowest BCUT2D eigenvalue weighted by atomic mass is 10.2. The van der Waals surface area contributed by atoms with Crippen LogP contribution in [0.15, 0.2) is 53.7 Å². The Hall–Kier alpha value is -2.84. The number of rotatable bonds is 7. The number of nitrogens with one attached hydrogen (secondary N) is 2. The molecule has 0 radical (unpaired) electrons. The number of carbonyl (C=O) groups is 2. The Morgan fingerprint density at radius 3 is 2.55 bits per heavy atom. The summed E-state index contributed by atoms with van der Waals surface area (Å²) >= 11 is 7.46. The summed E-state index contributed by atoms with van der Waals surface area (Å²) in [5.74, 6) is 0.276. The Morgan fingerprint density at radius 1 is 1.07 bits per heavy atom. The zero-order chi connectivity index (χ0) is 20.8. The molecule has 2 amide bonds. The van der Waals surface area contributed by atoms with Crippen LogP contribution in [0.1, 0.15) is 0 Å². The number of hydrogen-bond donors (Lipinski definition) is 2. The molecular weight excluding hydrogens is 410 g/mol. The number of hydrogen-bond acceptors (Lipinski definition) is 6. The van der Waals surface area contributed by atoms with Crippen molar-refractivity contribution in [2.24, 2.45) is 0 Å². The molecule has 0 aliphatic heterocycles. The van der Waals surface area contributed by atoms with Gasteiger partial charge in [-0.05, 0) is 24.3 Å². The molecule has 150 valence electrons. The molecule has 7 nitrogen and oxygen atoms in total. The molecule has 0 fully saturated rings. The lowest BCUT2D eigenvalue weighted by molar-refractivity contribution is -0.130. The number of nitrogens with zero attached hydrogens (tertiary/aromatic N) is 3. The molecule has 2 N–H and O–H groups in total. The number of benzene rings is 2. The first kappa shape index (κ1) is 20.9. The summed E-state index contributed by atoms with van der Waals surface area (Å²) in [7, 11) is 3.28. The third-order valence-corrected chi connectivity index (χ3v) is 5.15. The minimum absolute atomic E-state index is 0.0374. The highest BCUT2D eigenvalue weighted by atomic mass is 35.5. The number of aromatic nitrogens is 2. The van der Waals surface area contributed by atoms with E-state index in [4.69, 9.17) is 11.6 Å². The first-order valence-electron chi connectivity index (χ1n) is 8.82. The van der Waals surface area contributed by atoms with Crippen molar-refractivity contribution in [3.05, 3.63) is 53.6 Å². The van der Waals surface area contributed by atoms with Crippen molar-refractivity contribution >= 4 is 57.6 Å². The predicted octanol–water partition coefficient (Wildman–Crippen LogP) is 3.32. The maximum Gasteiger partial charge on any atom is 0.241 e. The third-order valence-electron chi connectivity index (χ3n) is 3.98. The quantitative estimate of drug-likeness (QED) is 0.442. The van der Waals surface area contributed by atoms with Crippen LogP contribution in [-0.4, -0.2) is 53.1 Å². The molecule has 0 spiro atoms. The molecule has 0 bridgehead atoms.